The normalized spacial score (nSPS) is 11.0. The highest BCUT2D eigenvalue weighted by Crippen LogP contribution is 2.32. The molecule has 5 rings (SSSR count). The second-order valence-electron chi connectivity index (χ2n) is 6.95. The number of amides is 1. The number of furan rings is 1. The molecule has 0 aliphatic carbocycles. The van der Waals surface area contributed by atoms with Crippen LogP contribution in [0.25, 0.3) is 28.5 Å². The van der Waals surface area contributed by atoms with Crippen LogP contribution >= 0.6 is 46.3 Å². The van der Waals surface area contributed by atoms with Gasteiger partial charge in [0.15, 0.2) is 16.0 Å². The van der Waals surface area contributed by atoms with E-state index in [9.17, 15) is 4.79 Å². The minimum absolute atomic E-state index is 0.108. The van der Waals surface area contributed by atoms with Crippen molar-refractivity contribution in [3.63, 3.8) is 0 Å². The Bertz CT molecular complexity index is 1430. The summed E-state index contributed by atoms with van der Waals surface area (Å²) in [5, 5.41) is 15.5. The lowest BCUT2D eigenvalue weighted by atomic mass is 10.2. The zero-order valence-electron chi connectivity index (χ0n) is 17.3. The molecule has 0 bridgehead atoms. The van der Waals surface area contributed by atoms with Crippen LogP contribution in [0.15, 0.2) is 81.9 Å². The van der Waals surface area contributed by atoms with Gasteiger partial charge in [0.2, 0.25) is 11.7 Å². The van der Waals surface area contributed by atoms with Crippen molar-refractivity contribution in [2.24, 2.45) is 0 Å². The highest BCUT2D eigenvalue weighted by Gasteiger charge is 2.20. The van der Waals surface area contributed by atoms with E-state index < -0.39 is 0 Å². The summed E-state index contributed by atoms with van der Waals surface area (Å²) >= 11 is 15.0. The molecule has 1 amide bonds. The first-order valence-electron chi connectivity index (χ1n) is 9.97. The number of rotatable bonds is 7. The number of anilines is 1. The Hall–Kier alpha value is -3.11. The third kappa shape index (κ3) is 4.88. The van der Waals surface area contributed by atoms with Crippen molar-refractivity contribution in [1.82, 2.24) is 19.7 Å². The van der Waals surface area contributed by atoms with Crippen molar-refractivity contribution in [1.29, 1.82) is 0 Å². The van der Waals surface area contributed by atoms with Crippen molar-refractivity contribution >= 4 is 57.3 Å². The van der Waals surface area contributed by atoms with E-state index in [2.05, 4.69) is 20.5 Å². The van der Waals surface area contributed by atoms with E-state index >= 15 is 0 Å². The molecule has 0 saturated heterocycles. The lowest BCUT2D eigenvalue weighted by molar-refractivity contribution is -0.113. The van der Waals surface area contributed by atoms with Crippen molar-refractivity contribution in [2.75, 3.05) is 11.1 Å². The van der Waals surface area contributed by atoms with Gasteiger partial charge in [0.25, 0.3) is 0 Å². The standard InChI is InChI=1S/C23H15Cl2N5O2S2/c24-15-9-7-14(8-10-15)17-12-33-22(26-17)27-20(31)13-34-23-29-28-21(19-6-3-11-32-19)30(23)18-5-2-1-4-16(18)25/h1-12H,13H2,(H,26,27,31). The summed E-state index contributed by atoms with van der Waals surface area (Å²) in [4.78, 5) is 17.1. The largest absolute Gasteiger partial charge is 0.461 e. The molecule has 0 radical (unpaired) electrons. The molecule has 0 fully saturated rings. The Morgan fingerprint density at radius 3 is 2.65 bits per heavy atom. The minimum Gasteiger partial charge on any atom is -0.461 e. The predicted octanol–water partition coefficient (Wildman–Crippen LogP) is 6.69. The van der Waals surface area contributed by atoms with Crippen LogP contribution in [0.4, 0.5) is 5.13 Å². The molecule has 0 saturated carbocycles. The topological polar surface area (TPSA) is 85.8 Å². The smallest absolute Gasteiger partial charge is 0.236 e. The first-order chi connectivity index (χ1) is 16.6. The summed E-state index contributed by atoms with van der Waals surface area (Å²) in [5.74, 6) is 0.932. The van der Waals surface area contributed by atoms with E-state index in [4.69, 9.17) is 27.6 Å². The van der Waals surface area contributed by atoms with Gasteiger partial charge in [-0.15, -0.1) is 21.5 Å². The van der Waals surface area contributed by atoms with Crippen LogP contribution in [0.5, 0.6) is 0 Å². The zero-order chi connectivity index (χ0) is 23.5. The Morgan fingerprint density at radius 2 is 1.88 bits per heavy atom. The lowest BCUT2D eigenvalue weighted by Gasteiger charge is -2.10. The fourth-order valence-electron chi connectivity index (χ4n) is 3.15. The lowest BCUT2D eigenvalue weighted by Crippen LogP contribution is -2.14. The Morgan fingerprint density at radius 1 is 1.06 bits per heavy atom. The number of carbonyl (C=O) groups is 1. The molecule has 0 atom stereocenters. The molecule has 0 aliphatic heterocycles. The van der Waals surface area contributed by atoms with Gasteiger partial charge in [0.05, 0.1) is 28.4 Å². The number of aromatic nitrogens is 4. The second-order valence-corrected chi connectivity index (χ2v) is 9.60. The van der Waals surface area contributed by atoms with Gasteiger partial charge in [-0.1, -0.05) is 59.2 Å². The average Bonchev–Trinajstić information content (AvgIpc) is 3.59. The van der Waals surface area contributed by atoms with Crippen LogP contribution in [-0.2, 0) is 4.79 Å². The zero-order valence-corrected chi connectivity index (χ0v) is 20.5. The number of halogens is 2. The summed E-state index contributed by atoms with van der Waals surface area (Å²) in [6.07, 6.45) is 1.56. The third-order valence-corrected chi connectivity index (χ3v) is 6.95. The van der Waals surface area contributed by atoms with Gasteiger partial charge >= 0.3 is 0 Å². The van der Waals surface area contributed by atoms with Crippen LogP contribution in [0, 0.1) is 0 Å². The van der Waals surface area contributed by atoms with Gasteiger partial charge in [-0.05, 0) is 36.4 Å². The highest BCUT2D eigenvalue weighted by molar-refractivity contribution is 7.99. The maximum atomic E-state index is 12.6. The van der Waals surface area contributed by atoms with E-state index in [1.807, 2.05) is 35.7 Å². The second kappa shape index (κ2) is 10.0. The van der Waals surface area contributed by atoms with E-state index in [0.29, 0.717) is 37.6 Å². The van der Waals surface area contributed by atoms with Crippen molar-refractivity contribution in [2.45, 2.75) is 5.16 Å². The average molecular weight is 528 g/mol. The quantitative estimate of drug-likeness (QED) is 0.237. The van der Waals surface area contributed by atoms with E-state index in [0.717, 1.165) is 11.3 Å². The SMILES string of the molecule is O=C(CSc1nnc(-c2ccco2)n1-c1ccccc1Cl)Nc1nc(-c2ccc(Cl)cc2)cs1. The molecule has 5 aromatic rings. The number of para-hydroxylation sites is 1. The van der Waals surface area contributed by atoms with Gasteiger partial charge in [0.1, 0.15) is 0 Å². The van der Waals surface area contributed by atoms with E-state index in [1.165, 1.54) is 23.1 Å². The summed E-state index contributed by atoms with van der Waals surface area (Å²) in [6, 6.07) is 18.3. The monoisotopic (exact) mass is 527 g/mol. The molecule has 0 aliphatic rings. The molecule has 34 heavy (non-hydrogen) atoms. The van der Waals surface area contributed by atoms with Crippen LogP contribution in [0.2, 0.25) is 10.0 Å². The van der Waals surface area contributed by atoms with Crippen molar-refractivity contribution in [3.8, 4) is 28.5 Å². The molecule has 0 spiro atoms. The summed E-state index contributed by atoms with van der Waals surface area (Å²) in [6.45, 7) is 0. The first kappa shape index (κ1) is 22.7. The Kier molecular flexibility index (Phi) is 6.68. The summed E-state index contributed by atoms with van der Waals surface area (Å²) < 4.78 is 7.29. The van der Waals surface area contributed by atoms with E-state index in [-0.39, 0.29) is 11.7 Å². The molecule has 3 heterocycles. The fourth-order valence-corrected chi connectivity index (χ4v) is 4.98. The molecule has 2 aromatic carbocycles. The number of nitrogens with one attached hydrogen (secondary N) is 1. The highest BCUT2D eigenvalue weighted by atomic mass is 35.5. The Labute approximate surface area is 212 Å². The molecule has 0 unspecified atom stereocenters. The molecule has 7 nitrogen and oxygen atoms in total. The van der Waals surface area contributed by atoms with Crippen LogP contribution in [-0.4, -0.2) is 31.4 Å². The van der Waals surface area contributed by atoms with Gasteiger partial charge in [-0.2, -0.15) is 0 Å². The molecule has 3 aromatic heterocycles. The molecule has 170 valence electrons. The Balaban J connectivity index is 1.32. The van der Waals surface area contributed by atoms with Crippen LogP contribution in [0.3, 0.4) is 0 Å². The number of hydrogen-bond donors (Lipinski definition) is 1. The minimum atomic E-state index is -0.213. The van der Waals surface area contributed by atoms with Crippen LogP contribution in [0.1, 0.15) is 0 Å². The van der Waals surface area contributed by atoms with Crippen molar-refractivity contribution in [3.05, 3.63) is 82.4 Å². The third-order valence-electron chi connectivity index (χ3n) is 4.69. The van der Waals surface area contributed by atoms with E-state index in [1.54, 1.807) is 41.2 Å². The summed E-state index contributed by atoms with van der Waals surface area (Å²) in [5.41, 5.74) is 2.39. The van der Waals surface area contributed by atoms with Gasteiger partial charge in [-0.3, -0.25) is 9.36 Å². The maximum Gasteiger partial charge on any atom is 0.236 e. The predicted molar refractivity (Wildman–Crippen MR) is 136 cm³/mol. The molecular weight excluding hydrogens is 513 g/mol. The van der Waals surface area contributed by atoms with Gasteiger partial charge < -0.3 is 9.73 Å². The number of thioether (sulfide) groups is 1. The first-order valence-corrected chi connectivity index (χ1v) is 12.6. The van der Waals surface area contributed by atoms with Crippen LogP contribution < -0.4 is 5.32 Å². The molecule has 1 N–H and O–H groups in total. The maximum absolute atomic E-state index is 12.6. The number of hydrogen-bond acceptors (Lipinski definition) is 7. The summed E-state index contributed by atoms with van der Waals surface area (Å²) in [7, 11) is 0. The number of benzene rings is 2. The van der Waals surface area contributed by atoms with Crippen molar-refractivity contribution < 1.29 is 9.21 Å². The fraction of sp³-hybridized carbons (Fsp3) is 0.0435. The molecular formula is C23H15Cl2N5O2S2. The van der Waals surface area contributed by atoms with Gasteiger partial charge in [0, 0.05) is 16.0 Å². The number of nitrogens with zero attached hydrogens (tertiary/aromatic N) is 4. The number of thiazole rings is 1. The number of carbonyl (C=O) groups excluding carboxylic acids is 1. The van der Waals surface area contributed by atoms with Gasteiger partial charge in [-0.25, -0.2) is 4.98 Å². The molecule has 11 heteroatoms.